The number of imide groups is 1. The molecule has 7 nitrogen and oxygen atoms in total. The van der Waals surface area contributed by atoms with Crippen LogP contribution in [0.15, 0.2) is 34.8 Å². The minimum atomic E-state index is -0.386. The molecule has 0 saturated carbocycles. The first-order valence-corrected chi connectivity index (χ1v) is 11.1. The van der Waals surface area contributed by atoms with Gasteiger partial charge in [0.25, 0.3) is 11.8 Å². The number of aryl methyl sites for hydroxylation is 1. The van der Waals surface area contributed by atoms with Crippen molar-refractivity contribution in [3.05, 3.63) is 55.7 Å². The van der Waals surface area contributed by atoms with Gasteiger partial charge in [-0.25, -0.2) is 0 Å². The van der Waals surface area contributed by atoms with Crippen molar-refractivity contribution < 1.29 is 19.2 Å². The Morgan fingerprint density at radius 3 is 2.53 bits per heavy atom. The highest BCUT2D eigenvalue weighted by molar-refractivity contribution is 9.10. The molecule has 3 rings (SSSR count). The van der Waals surface area contributed by atoms with Crippen LogP contribution in [0.1, 0.15) is 43.8 Å². The molecule has 0 bridgehead atoms. The normalized spacial score (nSPS) is 12.8. The fourth-order valence-electron chi connectivity index (χ4n) is 3.25. The maximum atomic E-state index is 12.9. The summed E-state index contributed by atoms with van der Waals surface area (Å²) in [6.07, 6.45) is 0.0249. The van der Waals surface area contributed by atoms with E-state index in [0.717, 1.165) is 19.1 Å². The first kappa shape index (κ1) is 22.2. The Morgan fingerprint density at radius 1 is 1.13 bits per heavy atom. The van der Waals surface area contributed by atoms with Crippen molar-refractivity contribution in [2.75, 3.05) is 19.6 Å². The topological polar surface area (TPSA) is 86.8 Å². The average molecular weight is 492 g/mol. The lowest BCUT2D eigenvalue weighted by atomic mass is 10.1. The molecule has 2 aromatic rings. The second-order valence-corrected chi connectivity index (χ2v) is 9.30. The zero-order valence-corrected chi connectivity index (χ0v) is 19.1. The van der Waals surface area contributed by atoms with Crippen molar-refractivity contribution in [3.63, 3.8) is 0 Å². The number of hydrogen-bond donors (Lipinski definition) is 1. The van der Waals surface area contributed by atoms with Gasteiger partial charge in [0.15, 0.2) is 0 Å². The summed E-state index contributed by atoms with van der Waals surface area (Å²) in [5.74, 6) is -1.10. The average Bonchev–Trinajstić information content (AvgIpc) is 3.20. The van der Waals surface area contributed by atoms with E-state index in [-0.39, 0.29) is 36.6 Å². The number of halogens is 1. The minimum absolute atomic E-state index is 0.0168. The third kappa shape index (κ3) is 5.14. The summed E-state index contributed by atoms with van der Waals surface area (Å²) in [5, 5.41) is 2.70. The zero-order chi connectivity index (χ0) is 21.8. The Kier molecular flexibility index (Phi) is 7.04. The van der Waals surface area contributed by atoms with Crippen molar-refractivity contribution in [2.24, 2.45) is 0 Å². The Hall–Kier alpha value is -2.52. The molecule has 1 N–H and O–H groups in total. The lowest BCUT2D eigenvalue weighted by molar-refractivity contribution is -0.132. The SMILES string of the molecule is CC(=O)NCCN(Cc1ccc(C)s1)C(=O)CCN1C(=O)c2ccc(Br)cc2C1=O. The van der Waals surface area contributed by atoms with Crippen molar-refractivity contribution in [2.45, 2.75) is 26.8 Å². The first-order valence-electron chi connectivity index (χ1n) is 9.49. The number of carbonyl (C=O) groups is 4. The van der Waals surface area contributed by atoms with E-state index in [4.69, 9.17) is 0 Å². The third-order valence-corrected chi connectivity index (χ3v) is 6.21. The molecular weight excluding hydrogens is 470 g/mol. The van der Waals surface area contributed by atoms with Gasteiger partial charge in [-0.15, -0.1) is 11.3 Å². The molecule has 0 spiro atoms. The standard InChI is InChI=1S/C21H22BrN3O4S/c1-13-3-5-16(30-13)12-24(10-8-23-14(2)26)19(27)7-9-25-20(28)17-6-4-15(22)11-18(17)21(25)29/h3-6,11H,7-10,12H2,1-2H3,(H,23,26). The number of thiophene rings is 1. The number of nitrogens with zero attached hydrogens (tertiary/aromatic N) is 2. The number of amides is 4. The summed E-state index contributed by atoms with van der Waals surface area (Å²) in [5.41, 5.74) is 0.700. The van der Waals surface area contributed by atoms with Gasteiger partial charge in [0.1, 0.15) is 0 Å². The molecule has 0 fully saturated rings. The number of fused-ring (bicyclic) bond motifs is 1. The monoisotopic (exact) mass is 491 g/mol. The number of carbonyl (C=O) groups excluding carboxylic acids is 4. The molecule has 4 amide bonds. The zero-order valence-electron chi connectivity index (χ0n) is 16.7. The molecule has 9 heteroatoms. The van der Waals surface area contributed by atoms with Crippen LogP contribution in [-0.4, -0.2) is 53.1 Å². The molecule has 0 aliphatic carbocycles. The van der Waals surface area contributed by atoms with Gasteiger partial charge < -0.3 is 10.2 Å². The van der Waals surface area contributed by atoms with Gasteiger partial charge in [-0.05, 0) is 37.3 Å². The van der Waals surface area contributed by atoms with Crippen LogP contribution in [0.2, 0.25) is 0 Å². The van der Waals surface area contributed by atoms with Gasteiger partial charge in [-0.3, -0.25) is 24.1 Å². The van der Waals surface area contributed by atoms with Crippen molar-refractivity contribution in [1.82, 2.24) is 15.1 Å². The van der Waals surface area contributed by atoms with Gasteiger partial charge in [-0.2, -0.15) is 0 Å². The van der Waals surface area contributed by atoms with E-state index in [9.17, 15) is 19.2 Å². The number of nitrogens with one attached hydrogen (secondary N) is 1. The van der Waals surface area contributed by atoms with Crippen LogP contribution in [0, 0.1) is 6.92 Å². The number of rotatable bonds is 8. The molecular formula is C21H22BrN3O4S. The smallest absolute Gasteiger partial charge is 0.261 e. The Balaban J connectivity index is 1.65. The predicted octanol–water partition coefficient (Wildman–Crippen LogP) is 2.97. The summed E-state index contributed by atoms with van der Waals surface area (Å²) in [4.78, 5) is 54.2. The van der Waals surface area contributed by atoms with Crippen LogP contribution in [0.5, 0.6) is 0 Å². The predicted molar refractivity (Wildman–Crippen MR) is 117 cm³/mol. The van der Waals surface area contributed by atoms with Crippen LogP contribution in [0.4, 0.5) is 0 Å². The van der Waals surface area contributed by atoms with E-state index in [1.165, 1.54) is 6.92 Å². The van der Waals surface area contributed by atoms with Gasteiger partial charge in [-0.1, -0.05) is 15.9 Å². The van der Waals surface area contributed by atoms with Crippen molar-refractivity contribution >= 4 is 50.9 Å². The second-order valence-electron chi connectivity index (χ2n) is 7.01. The van der Waals surface area contributed by atoms with Crippen LogP contribution in [-0.2, 0) is 16.1 Å². The largest absolute Gasteiger partial charge is 0.355 e. The molecule has 0 radical (unpaired) electrons. The quantitative estimate of drug-likeness (QED) is 0.575. The summed E-state index contributed by atoms with van der Waals surface area (Å²) < 4.78 is 0.718. The molecule has 158 valence electrons. The van der Waals surface area contributed by atoms with E-state index in [2.05, 4.69) is 21.2 Å². The van der Waals surface area contributed by atoms with Gasteiger partial charge in [0.2, 0.25) is 11.8 Å². The minimum Gasteiger partial charge on any atom is -0.355 e. The third-order valence-electron chi connectivity index (χ3n) is 4.73. The van der Waals surface area contributed by atoms with E-state index in [0.29, 0.717) is 30.8 Å². The Morgan fingerprint density at radius 2 is 1.87 bits per heavy atom. The van der Waals surface area contributed by atoms with Crippen LogP contribution in [0.3, 0.4) is 0 Å². The molecule has 0 atom stereocenters. The van der Waals surface area contributed by atoms with E-state index < -0.39 is 0 Å². The highest BCUT2D eigenvalue weighted by atomic mass is 79.9. The van der Waals surface area contributed by atoms with Gasteiger partial charge in [0, 0.05) is 47.2 Å². The highest BCUT2D eigenvalue weighted by Crippen LogP contribution is 2.26. The molecule has 0 saturated heterocycles. The summed E-state index contributed by atoms with van der Waals surface area (Å²) in [7, 11) is 0. The van der Waals surface area contributed by atoms with Crippen LogP contribution < -0.4 is 5.32 Å². The molecule has 1 aliphatic rings. The molecule has 1 aliphatic heterocycles. The molecule has 0 unspecified atom stereocenters. The molecule has 1 aromatic heterocycles. The van der Waals surface area contributed by atoms with Crippen LogP contribution >= 0.6 is 27.3 Å². The molecule has 2 heterocycles. The maximum absolute atomic E-state index is 12.9. The number of hydrogen-bond acceptors (Lipinski definition) is 5. The van der Waals surface area contributed by atoms with Gasteiger partial charge in [0.05, 0.1) is 17.7 Å². The summed E-state index contributed by atoms with van der Waals surface area (Å²) in [6, 6.07) is 8.91. The molecule has 1 aromatic carbocycles. The Labute approximate surface area is 187 Å². The summed E-state index contributed by atoms with van der Waals surface area (Å²) >= 11 is 4.92. The van der Waals surface area contributed by atoms with Gasteiger partial charge >= 0.3 is 0 Å². The van der Waals surface area contributed by atoms with E-state index in [1.807, 2.05) is 19.1 Å². The second kappa shape index (κ2) is 9.53. The van der Waals surface area contributed by atoms with Crippen molar-refractivity contribution in [3.8, 4) is 0 Å². The molecule has 30 heavy (non-hydrogen) atoms. The summed E-state index contributed by atoms with van der Waals surface area (Å²) in [6.45, 7) is 4.56. The fraction of sp³-hybridized carbons (Fsp3) is 0.333. The Bertz CT molecular complexity index is 1000. The number of benzene rings is 1. The van der Waals surface area contributed by atoms with Crippen LogP contribution in [0.25, 0.3) is 0 Å². The lowest BCUT2D eigenvalue weighted by Gasteiger charge is -2.23. The highest BCUT2D eigenvalue weighted by Gasteiger charge is 2.35. The maximum Gasteiger partial charge on any atom is 0.261 e. The van der Waals surface area contributed by atoms with E-state index in [1.54, 1.807) is 34.4 Å². The van der Waals surface area contributed by atoms with Crippen molar-refractivity contribution in [1.29, 1.82) is 0 Å². The van der Waals surface area contributed by atoms with E-state index >= 15 is 0 Å². The fourth-order valence-corrected chi connectivity index (χ4v) is 4.52. The lowest BCUT2D eigenvalue weighted by Crippen LogP contribution is -2.40. The first-order chi connectivity index (χ1) is 14.3.